The Balaban J connectivity index is 1.37. The monoisotopic (exact) mass is 623 g/mol. The summed E-state index contributed by atoms with van der Waals surface area (Å²) in [4.78, 5) is 37.8. The molecule has 11 heteroatoms. The number of benzene rings is 2. The summed E-state index contributed by atoms with van der Waals surface area (Å²) in [5.41, 5.74) is 1.83. The van der Waals surface area contributed by atoms with E-state index >= 15 is 0 Å². The van der Waals surface area contributed by atoms with E-state index in [2.05, 4.69) is 27.1 Å². The minimum atomic E-state index is -4.66. The van der Waals surface area contributed by atoms with Gasteiger partial charge in [0.25, 0.3) is 0 Å². The molecule has 0 spiro atoms. The number of aromatic nitrogens is 2. The molecule has 45 heavy (non-hydrogen) atoms. The standard InChI is InChI=1S/C34H40F3N5O3/c1-5-42-14-12-22(13-15-42)16-30(44)24-10-11-28(31(19-24)45-4)39-33-38-20-27(34(35,36)37)29(40-33)18-25-17-23-8-6-7-9-26(23)32(25)41(3)21(2)43/h6-11,19-20,22,25,32H,5,12-18H2,1-4H3,(H,38,39,40)/t25-,32-/m0/s1. The van der Waals surface area contributed by atoms with Crippen LogP contribution in [0.3, 0.4) is 0 Å². The number of Topliss-reactive ketones (excluding diaryl/α,β-unsaturated/α-hetero) is 1. The highest BCUT2D eigenvalue weighted by molar-refractivity contribution is 5.97. The zero-order chi connectivity index (χ0) is 32.3. The summed E-state index contributed by atoms with van der Waals surface area (Å²) in [5, 5.41) is 3.00. The Hall–Kier alpha value is -3.99. The summed E-state index contributed by atoms with van der Waals surface area (Å²) >= 11 is 0. The maximum absolute atomic E-state index is 14.2. The second kappa shape index (κ2) is 13.6. The summed E-state index contributed by atoms with van der Waals surface area (Å²) in [6, 6.07) is 12.3. The van der Waals surface area contributed by atoms with Crippen molar-refractivity contribution in [3.63, 3.8) is 0 Å². The third kappa shape index (κ3) is 7.30. The molecular formula is C34H40F3N5O3. The molecule has 2 heterocycles. The average Bonchev–Trinajstić information content (AvgIpc) is 3.38. The van der Waals surface area contributed by atoms with Crippen LogP contribution in [0.4, 0.5) is 24.8 Å². The zero-order valence-corrected chi connectivity index (χ0v) is 26.2. The Morgan fingerprint density at radius 3 is 2.53 bits per heavy atom. The Morgan fingerprint density at radius 2 is 1.87 bits per heavy atom. The number of halogens is 3. The van der Waals surface area contributed by atoms with E-state index in [1.54, 1.807) is 30.1 Å². The predicted molar refractivity (Wildman–Crippen MR) is 166 cm³/mol. The number of amides is 1. The lowest BCUT2D eigenvalue weighted by Gasteiger charge is -2.30. The van der Waals surface area contributed by atoms with Crippen LogP contribution < -0.4 is 10.1 Å². The molecule has 240 valence electrons. The molecule has 1 amide bonds. The van der Waals surface area contributed by atoms with Crippen molar-refractivity contribution in [1.29, 1.82) is 0 Å². The molecule has 0 bridgehead atoms. The summed E-state index contributed by atoms with van der Waals surface area (Å²) < 4.78 is 48.0. The van der Waals surface area contributed by atoms with E-state index in [1.807, 2.05) is 24.3 Å². The zero-order valence-electron chi connectivity index (χ0n) is 26.2. The van der Waals surface area contributed by atoms with Crippen molar-refractivity contribution < 1.29 is 27.5 Å². The summed E-state index contributed by atoms with van der Waals surface area (Å²) in [6.45, 7) is 6.61. The van der Waals surface area contributed by atoms with Gasteiger partial charge in [-0.05, 0) is 86.5 Å². The van der Waals surface area contributed by atoms with E-state index in [0.717, 1.165) is 49.8 Å². The number of fused-ring (bicyclic) bond motifs is 1. The van der Waals surface area contributed by atoms with Gasteiger partial charge in [0.05, 0.1) is 30.1 Å². The number of rotatable bonds is 10. The van der Waals surface area contributed by atoms with Crippen LogP contribution in [0.15, 0.2) is 48.7 Å². The number of hydrogen-bond donors (Lipinski definition) is 1. The molecule has 2 atom stereocenters. The topological polar surface area (TPSA) is 87.7 Å². The van der Waals surface area contributed by atoms with Gasteiger partial charge in [-0.3, -0.25) is 9.59 Å². The van der Waals surface area contributed by atoms with Gasteiger partial charge >= 0.3 is 6.18 Å². The highest BCUT2D eigenvalue weighted by Crippen LogP contribution is 2.43. The molecule has 2 aliphatic rings. The van der Waals surface area contributed by atoms with E-state index in [9.17, 15) is 22.8 Å². The van der Waals surface area contributed by atoms with Crippen molar-refractivity contribution in [2.75, 3.05) is 39.1 Å². The van der Waals surface area contributed by atoms with Crippen LogP contribution in [-0.4, -0.2) is 65.2 Å². The number of ether oxygens (including phenoxy) is 1. The minimum Gasteiger partial charge on any atom is -0.495 e. The number of methoxy groups -OCH3 is 1. The maximum Gasteiger partial charge on any atom is 0.419 e. The van der Waals surface area contributed by atoms with E-state index < -0.39 is 11.7 Å². The van der Waals surface area contributed by atoms with Gasteiger partial charge in [0, 0.05) is 32.2 Å². The molecule has 1 N–H and O–H groups in total. The first-order valence-electron chi connectivity index (χ1n) is 15.4. The Labute approximate surface area is 262 Å². The second-order valence-electron chi connectivity index (χ2n) is 12.0. The maximum atomic E-state index is 14.2. The number of carbonyl (C=O) groups excluding carboxylic acids is 2. The fourth-order valence-electron chi connectivity index (χ4n) is 6.65. The molecular weight excluding hydrogens is 583 g/mol. The van der Waals surface area contributed by atoms with Crippen LogP contribution in [0.1, 0.15) is 71.9 Å². The van der Waals surface area contributed by atoms with Crippen molar-refractivity contribution in [2.24, 2.45) is 11.8 Å². The van der Waals surface area contributed by atoms with E-state index in [1.165, 1.54) is 14.0 Å². The molecule has 0 saturated carbocycles. The lowest BCUT2D eigenvalue weighted by atomic mass is 9.90. The summed E-state index contributed by atoms with van der Waals surface area (Å²) in [6.07, 6.45) is -0.914. The smallest absolute Gasteiger partial charge is 0.419 e. The lowest BCUT2D eigenvalue weighted by molar-refractivity contribution is -0.139. The average molecular weight is 624 g/mol. The summed E-state index contributed by atoms with van der Waals surface area (Å²) in [7, 11) is 3.15. The first kappa shape index (κ1) is 32.4. The molecule has 1 saturated heterocycles. The van der Waals surface area contributed by atoms with Crippen LogP contribution in [0.2, 0.25) is 0 Å². The minimum absolute atomic E-state index is 0.00916. The van der Waals surface area contributed by atoms with Crippen LogP contribution >= 0.6 is 0 Å². The van der Waals surface area contributed by atoms with Gasteiger partial charge in [0.1, 0.15) is 5.75 Å². The van der Waals surface area contributed by atoms with Gasteiger partial charge in [-0.25, -0.2) is 9.97 Å². The van der Waals surface area contributed by atoms with Gasteiger partial charge in [-0.1, -0.05) is 31.2 Å². The second-order valence-corrected chi connectivity index (χ2v) is 12.0. The number of alkyl halides is 3. The van der Waals surface area contributed by atoms with Crippen LogP contribution in [0.25, 0.3) is 0 Å². The number of nitrogens with one attached hydrogen (secondary N) is 1. The first-order valence-corrected chi connectivity index (χ1v) is 15.4. The molecule has 1 aliphatic heterocycles. The van der Waals surface area contributed by atoms with E-state index in [0.29, 0.717) is 35.8 Å². The van der Waals surface area contributed by atoms with Gasteiger partial charge in [0.2, 0.25) is 11.9 Å². The highest BCUT2D eigenvalue weighted by atomic mass is 19.4. The van der Waals surface area contributed by atoms with Crippen molar-refractivity contribution in [1.82, 2.24) is 19.8 Å². The molecule has 3 aromatic rings. The van der Waals surface area contributed by atoms with Crippen LogP contribution in [-0.2, 0) is 23.8 Å². The number of carbonyl (C=O) groups is 2. The number of nitrogens with zero attached hydrogens (tertiary/aromatic N) is 4. The van der Waals surface area contributed by atoms with Crippen molar-refractivity contribution in [3.8, 4) is 5.75 Å². The molecule has 5 rings (SSSR count). The Kier molecular flexibility index (Phi) is 9.76. The summed E-state index contributed by atoms with van der Waals surface area (Å²) in [5.74, 6) is 0.232. The van der Waals surface area contributed by atoms with Gasteiger partial charge in [-0.2, -0.15) is 13.2 Å². The van der Waals surface area contributed by atoms with E-state index in [-0.39, 0.29) is 41.7 Å². The lowest BCUT2D eigenvalue weighted by Crippen LogP contribution is -2.34. The number of hydrogen-bond acceptors (Lipinski definition) is 7. The molecule has 8 nitrogen and oxygen atoms in total. The van der Waals surface area contributed by atoms with Gasteiger partial charge in [0.15, 0.2) is 5.78 Å². The van der Waals surface area contributed by atoms with Crippen molar-refractivity contribution >= 4 is 23.3 Å². The van der Waals surface area contributed by atoms with Crippen LogP contribution in [0, 0.1) is 11.8 Å². The third-order valence-electron chi connectivity index (χ3n) is 9.24. The fraction of sp³-hybridized carbons (Fsp3) is 0.471. The third-order valence-corrected chi connectivity index (χ3v) is 9.24. The normalized spacial score (nSPS) is 18.8. The number of ketones is 1. The first-order chi connectivity index (χ1) is 21.5. The molecule has 1 fully saturated rings. The molecule has 1 aliphatic carbocycles. The highest BCUT2D eigenvalue weighted by Gasteiger charge is 2.40. The predicted octanol–water partition coefficient (Wildman–Crippen LogP) is 6.49. The van der Waals surface area contributed by atoms with Crippen molar-refractivity contribution in [3.05, 3.63) is 76.6 Å². The molecule has 2 aromatic carbocycles. The Bertz CT molecular complexity index is 1540. The van der Waals surface area contributed by atoms with Crippen molar-refractivity contribution in [2.45, 2.75) is 58.2 Å². The van der Waals surface area contributed by atoms with Crippen LogP contribution in [0.5, 0.6) is 5.75 Å². The molecule has 1 aromatic heterocycles. The quantitative estimate of drug-likeness (QED) is 0.259. The SMILES string of the molecule is CCN1CCC(CC(=O)c2ccc(Nc3ncc(C(F)(F)F)c(C[C@@H]4Cc5ccccc5[C@H]4N(C)C(C)=O)n3)c(OC)c2)CC1. The number of likely N-dealkylation sites (tertiary alicyclic amines) is 1. The molecule has 0 unspecified atom stereocenters. The van der Waals surface area contributed by atoms with Gasteiger partial charge in [-0.15, -0.1) is 0 Å². The number of piperidine rings is 1. The van der Waals surface area contributed by atoms with Gasteiger partial charge < -0.3 is 19.9 Å². The number of anilines is 2. The Morgan fingerprint density at radius 1 is 1.13 bits per heavy atom. The largest absolute Gasteiger partial charge is 0.495 e. The molecule has 0 radical (unpaired) electrons. The fourth-order valence-corrected chi connectivity index (χ4v) is 6.65. The van der Waals surface area contributed by atoms with E-state index in [4.69, 9.17) is 4.74 Å².